The van der Waals surface area contributed by atoms with E-state index < -0.39 is 5.54 Å². The van der Waals surface area contributed by atoms with Gasteiger partial charge in [-0.15, -0.1) is 0 Å². The Morgan fingerprint density at radius 1 is 0.795 bits per heavy atom. The van der Waals surface area contributed by atoms with Crippen LogP contribution >= 0.6 is 11.8 Å². The predicted octanol–water partition coefficient (Wildman–Crippen LogP) is 5.83. The molecule has 4 N–H and O–H groups in total. The molecule has 0 aromatic heterocycles. The molecule has 3 aromatic carbocycles. The molecule has 4 rings (SSSR count). The summed E-state index contributed by atoms with van der Waals surface area (Å²) < 4.78 is 17.7. The average molecular weight is 547 g/mol. The van der Waals surface area contributed by atoms with Crippen LogP contribution in [0.5, 0.6) is 5.75 Å². The zero-order chi connectivity index (χ0) is 27.3. The summed E-state index contributed by atoms with van der Waals surface area (Å²) in [7, 11) is 0. The van der Waals surface area contributed by atoms with Crippen LogP contribution in [0.2, 0.25) is 0 Å². The Morgan fingerprint density at radius 2 is 1.54 bits per heavy atom. The fourth-order valence-corrected chi connectivity index (χ4v) is 5.42. The molecule has 0 fully saturated rings. The highest BCUT2D eigenvalue weighted by molar-refractivity contribution is 7.99. The maximum atomic E-state index is 6.50. The molecule has 1 aliphatic carbocycles. The highest BCUT2D eigenvalue weighted by Crippen LogP contribution is 2.35. The number of nitrogens with two attached hydrogens (primary N) is 2. The third-order valence-corrected chi connectivity index (χ3v) is 8.11. The van der Waals surface area contributed by atoms with Crippen molar-refractivity contribution in [3.63, 3.8) is 0 Å². The minimum Gasteiger partial charge on any atom is -0.491 e. The molecular weight excluding hydrogens is 504 g/mol. The molecule has 39 heavy (non-hydrogen) atoms. The van der Waals surface area contributed by atoms with Gasteiger partial charge in [0.2, 0.25) is 0 Å². The smallest absolute Gasteiger partial charge is 0.126 e. The van der Waals surface area contributed by atoms with Crippen LogP contribution in [0.15, 0.2) is 72.8 Å². The summed E-state index contributed by atoms with van der Waals surface area (Å²) in [6.45, 7) is 5.63. The van der Waals surface area contributed by atoms with Gasteiger partial charge in [-0.25, -0.2) is 0 Å². The Labute approximate surface area is 237 Å². The van der Waals surface area contributed by atoms with E-state index in [1.54, 1.807) is 0 Å². The van der Waals surface area contributed by atoms with Crippen molar-refractivity contribution < 1.29 is 14.2 Å². The number of fused-ring (bicyclic) bond motifs is 1. The van der Waals surface area contributed by atoms with Crippen LogP contribution in [0.1, 0.15) is 40.7 Å². The van der Waals surface area contributed by atoms with Crippen LogP contribution in [0.4, 0.5) is 0 Å². The lowest BCUT2D eigenvalue weighted by molar-refractivity contribution is 0.111. The van der Waals surface area contributed by atoms with Crippen LogP contribution in [-0.2, 0) is 21.4 Å². The number of hydrogen-bond acceptors (Lipinski definition) is 6. The Bertz CT molecular complexity index is 1180. The summed E-state index contributed by atoms with van der Waals surface area (Å²) in [6.07, 6.45) is 5.09. The Balaban J connectivity index is 1.08. The summed E-state index contributed by atoms with van der Waals surface area (Å²) in [5.74, 6) is 2.80. The first-order valence-electron chi connectivity index (χ1n) is 13.9. The lowest BCUT2D eigenvalue weighted by Gasteiger charge is -2.28. The highest BCUT2D eigenvalue weighted by atomic mass is 32.2. The van der Waals surface area contributed by atoms with Gasteiger partial charge in [-0.05, 0) is 60.6 Å². The van der Waals surface area contributed by atoms with Crippen LogP contribution in [0.25, 0.3) is 11.6 Å². The van der Waals surface area contributed by atoms with Gasteiger partial charge in [0.1, 0.15) is 12.4 Å². The molecule has 0 aliphatic heterocycles. The van der Waals surface area contributed by atoms with Crippen molar-refractivity contribution in [2.45, 2.75) is 31.7 Å². The third-order valence-electron chi connectivity index (χ3n) is 7.20. The molecule has 1 unspecified atom stereocenters. The van der Waals surface area contributed by atoms with Crippen molar-refractivity contribution in [1.29, 1.82) is 0 Å². The van der Waals surface area contributed by atoms with E-state index in [1.807, 2.05) is 42.1 Å². The number of thioether (sulfide) groups is 1. The summed E-state index contributed by atoms with van der Waals surface area (Å²) in [6, 6.07) is 25.2. The first-order valence-corrected chi connectivity index (χ1v) is 15.0. The summed E-state index contributed by atoms with van der Waals surface area (Å²) >= 11 is 1.83. The van der Waals surface area contributed by atoms with Gasteiger partial charge in [-0.3, -0.25) is 0 Å². The molecule has 0 radical (unpaired) electrons. The second-order valence-corrected chi connectivity index (χ2v) is 11.3. The van der Waals surface area contributed by atoms with Crippen LogP contribution in [-0.4, -0.2) is 51.1 Å². The summed E-state index contributed by atoms with van der Waals surface area (Å²) in [4.78, 5) is 0. The van der Waals surface area contributed by atoms with Gasteiger partial charge in [0.25, 0.3) is 0 Å². The zero-order valence-electron chi connectivity index (χ0n) is 23.1. The van der Waals surface area contributed by atoms with Gasteiger partial charge in [0, 0.05) is 30.2 Å². The second-order valence-electron chi connectivity index (χ2n) is 10.0. The SMILES string of the molecule is Cc1ccc(C2=Cc3c(cccc3OCCOCCSCCOCCC(N)(CN)c3ccccc3)CC2)cc1. The fraction of sp³-hybridized carbons (Fsp3) is 0.394. The highest BCUT2D eigenvalue weighted by Gasteiger charge is 2.25. The zero-order valence-corrected chi connectivity index (χ0v) is 23.9. The molecule has 0 saturated heterocycles. The number of rotatable bonds is 16. The van der Waals surface area contributed by atoms with Gasteiger partial charge in [0.15, 0.2) is 0 Å². The van der Waals surface area contributed by atoms with Crippen LogP contribution in [0.3, 0.4) is 0 Å². The molecule has 0 bridgehead atoms. The largest absolute Gasteiger partial charge is 0.491 e. The van der Waals surface area contributed by atoms with E-state index in [0.29, 0.717) is 46.0 Å². The molecule has 0 saturated carbocycles. The molecule has 0 spiro atoms. The first-order chi connectivity index (χ1) is 19.1. The summed E-state index contributed by atoms with van der Waals surface area (Å²) in [5, 5.41) is 0. The van der Waals surface area contributed by atoms with E-state index in [4.69, 9.17) is 25.7 Å². The topological polar surface area (TPSA) is 79.7 Å². The lowest BCUT2D eigenvalue weighted by Crippen LogP contribution is -2.45. The normalized spacial score (nSPS) is 14.4. The van der Waals surface area contributed by atoms with Crippen molar-refractivity contribution in [1.82, 2.24) is 0 Å². The maximum absolute atomic E-state index is 6.50. The third kappa shape index (κ3) is 8.69. The fourth-order valence-electron chi connectivity index (χ4n) is 4.75. The number of aryl methyl sites for hydroxylation is 2. The molecule has 3 aromatic rings. The predicted molar refractivity (Wildman–Crippen MR) is 164 cm³/mol. The van der Waals surface area contributed by atoms with Crippen molar-refractivity contribution in [2.75, 3.05) is 51.1 Å². The Morgan fingerprint density at radius 3 is 2.28 bits per heavy atom. The molecule has 5 nitrogen and oxygen atoms in total. The van der Waals surface area contributed by atoms with Crippen LogP contribution < -0.4 is 16.2 Å². The van der Waals surface area contributed by atoms with Gasteiger partial charge in [-0.1, -0.05) is 72.3 Å². The van der Waals surface area contributed by atoms with E-state index in [9.17, 15) is 0 Å². The minimum absolute atomic E-state index is 0.397. The molecule has 1 aliphatic rings. The molecule has 6 heteroatoms. The van der Waals surface area contributed by atoms with E-state index in [-0.39, 0.29) is 0 Å². The monoisotopic (exact) mass is 546 g/mol. The van der Waals surface area contributed by atoms with Crippen molar-refractivity contribution in [3.8, 4) is 5.75 Å². The Kier molecular flexibility index (Phi) is 11.5. The molecule has 0 amide bonds. The summed E-state index contributed by atoms with van der Waals surface area (Å²) in [5.41, 5.74) is 19.5. The minimum atomic E-state index is -0.539. The lowest BCUT2D eigenvalue weighted by atomic mass is 9.88. The number of hydrogen-bond donors (Lipinski definition) is 2. The molecule has 0 heterocycles. The van der Waals surface area contributed by atoms with Crippen molar-refractivity contribution >= 4 is 23.4 Å². The van der Waals surface area contributed by atoms with E-state index in [1.165, 1.54) is 27.8 Å². The molecular formula is C33H42N2O3S. The van der Waals surface area contributed by atoms with Gasteiger partial charge < -0.3 is 25.7 Å². The van der Waals surface area contributed by atoms with Crippen molar-refractivity contribution in [3.05, 3.63) is 101 Å². The number of ether oxygens (including phenoxy) is 3. The first kappa shape index (κ1) is 29.4. The second kappa shape index (κ2) is 15.2. The Hall–Kier alpha value is -2.61. The number of allylic oxidation sites excluding steroid dienone is 1. The molecule has 208 valence electrons. The van der Waals surface area contributed by atoms with Crippen LogP contribution in [0, 0.1) is 6.92 Å². The molecule has 1 atom stereocenters. The standard InChI is InChI=1S/C33H42N2O3S/c1-26-10-12-27(13-11-26)29-15-14-28-6-5-9-32(31(28)24-29)38-19-18-37-21-23-39-22-20-36-17-16-33(35,25-34)30-7-3-2-4-8-30/h2-13,24H,14-23,25,34-35H2,1H3. The van der Waals surface area contributed by atoms with Gasteiger partial charge in [-0.2, -0.15) is 11.8 Å². The quantitative estimate of drug-likeness (QED) is 0.220. The van der Waals surface area contributed by atoms with E-state index >= 15 is 0 Å². The van der Waals surface area contributed by atoms with E-state index in [2.05, 4.69) is 55.5 Å². The van der Waals surface area contributed by atoms with Gasteiger partial charge in [0.05, 0.1) is 25.4 Å². The van der Waals surface area contributed by atoms with E-state index in [0.717, 1.165) is 35.7 Å². The van der Waals surface area contributed by atoms with Gasteiger partial charge >= 0.3 is 0 Å². The maximum Gasteiger partial charge on any atom is 0.126 e. The average Bonchev–Trinajstić information content (AvgIpc) is 2.98. The van der Waals surface area contributed by atoms with Crippen molar-refractivity contribution in [2.24, 2.45) is 11.5 Å². The number of benzene rings is 3.